The van der Waals surface area contributed by atoms with Gasteiger partial charge in [0.15, 0.2) is 0 Å². The molecule has 1 saturated carbocycles. The fourth-order valence-electron chi connectivity index (χ4n) is 2.34. The standard InChI is InChI=1S/C16H15N3OS/c1-9-14(18-15(11-4-5-11)19-16(9)21)12-7-10(8-17)3-6-13(12)20-2/h3,6-7,11H,4-5H2,1-2H3,(H,18,19,21). The van der Waals surface area contributed by atoms with E-state index >= 15 is 0 Å². The quantitative estimate of drug-likeness (QED) is 0.873. The van der Waals surface area contributed by atoms with E-state index in [4.69, 9.17) is 22.2 Å². The molecule has 0 atom stereocenters. The summed E-state index contributed by atoms with van der Waals surface area (Å²) in [6, 6.07) is 7.54. The van der Waals surface area contributed by atoms with E-state index in [1.54, 1.807) is 19.2 Å². The Bertz CT molecular complexity index is 800. The predicted octanol–water partition coefficient (Wildman–Crippen LogP) is 3.87. The highest BCUT2D eigenvalue weighted by molar-refractivity contribution is 7.71. The largest absolute Gasteiger partial charge is 0.496 e. The number of H-pyrrole nitrogens is 1. The topological polar surface area (TPSA) is 61.7 Å². The van der Waals surface area contributed by atoms with Crippen LogP contribution in [0.15, 0.2) is 18.2 Å². The molecule has 2 aromatic rings. The van der Waals surface area contributed by atoms with Crippen LogP contribution in [0.25, 0.3) is 11.3 Å². The molecule has 4 nitrogen and oxygen atoms in total. The number of aromatic amines is 1. The fraction of sp³-hybridized carbons (Fsp3) is 0.312. The van der Waals surface area contributed by atoms with Crippen LogP contribution in [0.5, 0.6) is 5.75 Å². The zero-order valence-electron chi connectivity index (χ0n) is 11.9. The number of aromatic nitrogens is 2. The summed E-state index contributed by atoms with van der Waals surface area (Å²) in [6.07, 6.45) is 2.30. The molecule has 3 rings (SSSR count). The molecule has 0 bridgehead atoms. The van der Waals surface area contributed by atoms with Gasteiger partial charge in [-0.05, 0) is 38.0 Å². The van der Waals surface area contributed by atoms with Crippen LogP contribution in [0.4, 0.5) is 0 Å². The number of methoxy groups -OCH3 is 1. The van der Waals surface area contributed by atoms with E-state index in [2.05, 4.69) is 16.0 Å². The van der Waals surface area contributed by atoms with Gasteiger partial charge in [-0.2, -0.15) is 5.26 Å². The summed E-state index contributed by atoms with van der Waals surface area (Å²) in [5.74, 6) is 2.14. The van der Waals surface area contributed by atoms with E-state index < -0.39 is 0 Å². The van der Waals surface area contributed by atoms with Crippen LogP contribution in [0, 0.1) is 22.9 Å². The zero-order chi connectivity index (χ0) is 15.0. The Morgan fingerprint density at radius 3 is 2.81 bits per heavy atom. The van der Waals surface area contributed by atoms with Crippen molar-refractivity contribution in [2.24, 2.45) is 0 Å². The van der Waals surface area contributed by atoms with Crippen LogP contribution in [-0.4, -0.2) is 17.1 Å². The smallest absolute Gasteiger partial charge is 0.133 e. The predicted molar refractivity (Wildman–Crippen MR) is 82.8 cm³/mol. The van der Waals surface area contributed by atoms with Gasteiger partial charge in [0.05, 0.1) is 24.4 Å². The lowest BCUT2D eigenvalue weighted by Crippen LogP contribution is -2.01. The summed E-state index contributed by atoms with van der Waals surface area (Å²) >= 11 is 5.38. The fourth-order valence-corrected chi connectivity index (χ4v) is 2.54. The van der Waals surface area contributed by atoms with Crippen molar-refractivity contribution in [1.82, 2.24) is 9.97 Å². The first-order valence-corrected chi connectivity index (χ1v) is 7.24. The summed E-state index contributed by atoms with van der Waals surface area (Å²) in [5.41, 5.74) is 3.24. The first-order valence-electron chi connectivity index (χ1n) is 6.83. The number of nitrogens with one attached hydrogen (secondary N) is 1. The Balaban J connectivity index is 2.24. The molecule has 0 amide bonds. The number of hydrogen-bond acceptors (Lipinski definition) is 4. The highest BCUT2D eigenvalue weighted by atomic mass is 32.1. The van der Waals surface area contributed by atoms with Crippen LogP contribution < -0.4 is 4.74 Å². The van der Waals surface area contributed by atoms with Crippen LogP contribution in [0.2, 0.25) is 0 Å². The number of nitriles is 1. The van der Waals surface area contributed by atoms with Crippen molar-refractivity contribution in [1.29, 1.82) is 5.26 Å². The average Bonchev–Trinajstić information content (AvgIpc) is 3.34. The second-order valence-corrected chi connectivity index (χ2v) is 5.62. The average molecular weight is 297 g/mol. The molecular weight excluding hydrogens is 282 g/mol. The van der Waals surface area contributed by atoms with Crippen molar-refractivity contribution in [2.45, 2.75) is 25.7 Å². The summed E-state index contributed by atoms with van der Waals surface area (Å²) in [6.45, 7) is 1.94. The third-order valence-corrected chi connectivity index (χ3v) is 4.13. The van der Waals surface area contributed by atoms with Gasteiger partial charge in [0, 0.05) is 17.0 Å². The van der Waals surface area contributed by atoms with Crippen molar-refractivity contribution in [3.8, 4) is 23.1 Å². The van der Waals surface area contributed by atoms with Crippen molar-refractivity contribution >= 4 is 12.2 Å². The number of rotatable bonds is 3. The first kappa shape index (κ1) is 13.8. The lowest BCUT2D eigenvalue weighted by Gasteiger charge is -2.13. The molecule has 0 radical (unpaired) electrons. The second kappa shape index (κ2) is 5.30. The lowest BCUT2D eigenvalue weighted by molar-refractivity contribution is 0.416. The minimum absolute atomic E-state index is 0.483. The van der Waals surface area contributed by atoms with Gasteiger partial charge in [-0.3, -0.25) is 0 Å². The van der Waals surface area contributed by atoms with Gasteiger partial charge < -0.3 is 9.72 Å². The monoisotopic (exact) mass is 297 g/mol. The highest BCUT2D eigenvalue weighted by Crippen LogP contribution is 2.40. The first-order chi connectivity index (χ1) is 10.1. The van der Waals surface area contributed by atoms with Crippen LogP contribution >= 0.6 is 12.2 Å². The maximum Gasteiger partial charge on any atom is 0.133 e. The molecule has 5 heteroatoms. The normalized spacial score (nSPS) is 13.8. The summed E-state index contributed by atoms with van der Waals surface area (Å²) in [5, 5.41) is 9.12. The molecule has 1 aliphatic carbocycles. The maximum absolute atomic E-state index is 9.12. The van der Waals surface area contributed by atoms with E-state index in [1.165, 1.54) is 0 Å². The Morgan fingerprint density at radius 2 is 2.19 bits per heavy atom. The molecule has 1 fully saturated rings. The van der Waals surface area contributed by atoms with Gasteiger partial charge >= 0.3 is 0 Å². The minimum Gasteiger partial charge on any atom is -0.496 e. The van der Waals surface area contributed by atoms with Gasteiger partial charge in [-0.25, -0.2) is 4.98 Å². The van der Waals surface area contributed by atoms with Gasteiger partial charge in [-0.15, -0.1) is 0 Å². The SMILES string of the molecule is COc1ccc(C#N)cc1-c1[nH]c(C2CC2)nc(=S)c1C. The Kier molecular flexibility index (Phi) is 3.48. The molecule has 0 unspecified atom stereocenters. The van der Waals surface area contributed by atoms with Crippen LogP contribution in [0.3, 0.4) is 0 Å². The minimum atomic E-state index is 0.483. The van der Waals surface area contributed by atoms with Gasteiger partial charge in [0.25, 0.3) is 0 Å². The van der Waals surface area contributed by atoms with Crippen LogP contribution in [0.1, 0.15) is 35.7 Å². The molecule has 1 aromatic carbocycles. The number of nitrogens with zero attached hydrogens (tertiary/aromatic N) is 2. The molecule has 0 spiro atoms. The number of benzene rings is 1. The number of ether oxygens (including phenoxy) is 1. The molecule has 0 aliphatic heterocycles. The van der Waals surface area contributed by atoms with Crippen molar-refractivity contribution in [2.75, 3.05) is 7.11 Å². The van der Waals surface area contributed by atoms with Gasteiger partial charge in [0.1, 0.15) is 16.2 Å². The van der Waals surface area contributed by atoms with Gasteiger partial charge in [0.2, 0.25) is 0 Å². The van der Waals surface area contributed by atoms with E-state index in [-0.39, 0.29) is 0 Å². The van der Waals surface area contributed by atoms with E-state index in [1.807, 2.05) is 13.0 Å². The summed E-state index contributed by atoms with van der Waals surface area (Å²) in [7, 11) is 1.62. The molecule has 1 N–H and O–H groups in total. The Labute approximate surface area is 128 Å². The highest BCUT2D eigenvalue weighted by Gasteiger charge is 2.27. The molecule has 1 aliphatic rings. The van der Waals surface area contributed by atoms with Crippen molar-refractivity contribution in [3.63, 3.8) is 0 Å². The summed E-state index contributed by atoms with van der Waals surface area (Å²) < 4.78 is 6.03. The van der Waals surface area contributed by atoms with E-state index in [0.29, 0.717) is 16.1 Å². The Hall–Kier alpha value is -2.19. The molecular formula is C16H15N3OS. The number of hydrogen-bond donors (Lipinski definition) is 1. The molecule has 1 heterocycles. The van der Waals surface area contributed by atoms with E-state index in [9.17, 15) is 0 Å². The summed E-state index contributed by atoms with van der Waals surface area (Å²) in [4.78, 5) is 7.86. The lowest BCUT2D eigenvalue weighted by atomic mass is 10.0. The zero-order valence-corrected chi connectivity index (χ0v) is 12.8. The third kappa shape index (κ3) is 2.55. The third-order valence-electron chi connectivity index (χ3n) is 3.73. The molecule has 21 heavy (non-hydrogen) atoms. The Morgan fingerprint density at radius 1 is 1.43 bits per heavy atom. The molecule has 1 aromatic heterocycles. The second-order valence-electron chi connectivity index (χ2n) is 5.23. The van der Waals surface area contributed by atoms with Crippen molar-refractivity contribution < 1.29 is 4.74 Å². The van der Waals surface area contributed by atoms with Crippen LogP contribution in [-0.2, 0) is 0 Å². The molecule has 0 saturated heterocycles. The maximum atomic E-state index is 9.12. The molecule has 106 valence electrons. The van der Waals surface area contributed by atoms with E-state index in [0.717, 1.165) is 41.2 Å². The van der Waals surface area contributed by atoms with Gasteiger partial charge in [-0.1, -0.05) is 12.2 Å². The van der Waals surface area contributed by atoms with Crippen molar-refractivity contribution in [3.05, 3.63) is 39.8 Å².